The average molecular weight is 290 g/mol. The normalized spacial score (nSPS) is 20.4. The third-order valence-corrected chi connectivity index (χ3v) is 4.46. The summed E-state index contributed by atoms with van der Waals surface area (Å²) in [5, 5.41) is 12.2. The third kappa shape index (κ3) is 4.29. The first kappa shape index (κ1) is 16.0. The Morgan fingerprint density at radius 2 is 2.24 bits per heavy atom. The summed E-state index contributed by atoms with van der Waals surface area (Å²) in [7, 11) is 0. The lowest BCUT2D eigenvalue weighted by molar-refractivity contribution is -0.125. The molecule has 21 heavy (non-hydrogen) atoms. The second-order valence-corrected chi connectivity index (χ2v) is 5.98. The Morgan fingerprint density at radius 3 is 2.90 bits per heavy atom. The predicted octanol–water partition coefficient (Wildman–Crippen LogP) is 1.36. The topological polar surface area (TPSA) is 52.6 Å². The zero-order chi connectivity index (χ0) is 15.2. The molecule has 0 spiro atoms. The minimum absolute atomic E-state index is 0.0853. The van der Waals surface area contributed by atoms with Gasteiger partial charge in [0.25, 0.3) is 0 Å². The van der Waals surface area contributed by atoms with Crippen molar-refractivity contribution >= 4 is 5.91 Å². The minimum atomic E-state index is -0.113. The van der Waals surface area contributed by atoms with Gasteiger partial charge >= 0.3 is 0 Å². The summed E-state index contributed by atoms with van der Waals surface area (Å²) in [4.78, 5) is 14.3. The fourth-order valence-electron chi connectivity index (χ4n) is 2.89. The number of likely N-dealkylation sites (tertiary alicyclic amines) is 1. The molecule has 0 radical (unpaired) electrons. The van der Waals surface area contributed by atoms with E-state index in [1.807, 2.05) is 19.1 Å². The molecular formula is C17H26N2O2. The van der Waals surface area contributed by atoms with Crippen molar-refractivity contribution in [3.63, 3.8) is 0 Å². The number of carbonyl (C=O) groups is 1. The van der Waals surface area contributed by atoms with E-state index in [4.69, 9.17) is 0 Å². The quantitative estimate of drug-likeness (QED) is 0.832. The standard InChI is InChI=1S/C17H26N2O2/c1-13-5-3-4-6-16(13)7-9-18-17(21)14(2)19-10-8-15(11-19)12-20/h3-6,14-15,20H,7-12H2,1-2H3,(H,18,21). The Balaban J connectivity index is 1.76. The van der Waals surface area contributed by atoms with Crippen LogP contribution in [0.5, 0.6) is 0 Å². The van der Waals surface area contributed by atoms with Crippen LogP contribution in [0.2, 0.25) is 0 Å². The van der Waals surface area contributed by atoms with Crippen LogP contribution in [0.4, 0.5) is 0 Å². The van der Waals surface area contributed by atoms with E-state index < -0.39 is 0 Å². The van der Waals surface area contributed by atoms with E-state index in [2.05, 4.69) is 29.3 Å². The molecule has 0 aliphatic carbocycles. The number of benzene rings is 1. The van der Waals surface area contributed by atoms with E-state index in [-0.39, 0.29) is 18.6 Å². The van der Waals surface area contributed by atoms with E-state index in [9.17, 15) is 9.90 Å². The van der Waals surface area contributed by atoms with Gasteiger partial charge < -0.3 is 10.4 Å². The van der Waals surface area contributed by atoms with Gasteiger partial charge in [0.05, 0.1) is 6.04 Å². The molecule has 1 aliphatic heterocycles. The van der Waals surface area contributed by atoms with E-state index in [0.717, 1.165) is 25.9 Å². The zero-order valence-electron chi connectivity index (χ0n) is 13.0. The third-order valence-electron chi connectivity index (χ3n) is 4.46. The van der Waals surface area contributed by atoms with Crippen molar-refractivity contribution < 1.29 is 9.90 Å². The number of amides is 1. The number of nitrogens with one attached hydrogen (secondary N) is 1. The van der Waals surface area contributed by atoms with Gasteiger partial charge in [-0.2, -0.15) is 0 Å². The summed E-state index contributed by atoms with van der Waals surface area (Å²) >= 11 is 0. The van der Waals surface area contributed by atoms with Gasteiger partial charge in [0.1, 0.15) is 0 Å². The Hall–Kier alpha value is -1.39. The van der Waals surface area contributed by atoms with Crippen LogP contribution in [0, 0.1) is 12.8 Å². The molecule has 1 saturated heterocycles. The van der Waals surface area contributed by atoms with Crippen LogP contribution < -0.4 is 5.32 Å². The van der Waals surface area contributed by atoms with Crippen LogP contribution in [0.1, 0.15) is 24.5 Å². The van der Waals surface area contributed by atoms with Crippen LogP contribution in [-0.2, 0) is 11.2 Å². The fraction of sp³-hybridized carbons (Fsp3) is 0.588. The Morgan fingerprint density at radius 1 is 1.48 bits per heavy atom. The highest BCUT2D eigenvalue weighted by Gasteiger charge is 2.28. The average Bonchev–Trinajstić information content (AvgIpc) is 2.97. The second-order valence-electron chi connectivity index (χ2n) is 5.98. The maximum absolute atomic E-state index is 12.2. The van der Waals surface area contributed by atoms with Gasteiger partial charge in [-0.05, 0) is 50.3 Å². The van der Waals surface area contributed by atoms with Gasteiger partial charge in [0.15, 0.2) is 0 Å². The minimum Gasteiger partial charge on any atom is -0.396 e. The van der Waals surface area contributed by atoms with Crippen LogP contribution in [0.3, 0.4) is 0 Å². The molecule has 1 aromatic rings. The maximum Gasteiger partial charge on any atom is 0.237 e. The van der Waals surface area contributed by atoms with E-state index in [1.165, 1.54) is 11.1 Å². The van der Waals surface area contributed by atoms with Gasteiger partial charge in [-0.1, -0.05) is 24.3 Å². The molecule has 1 fully saturated rings. The summed E-state index contributed by atoms with van der Waals surface area (Å²) in [6.07, 6.45) is 1.85. The summed E-state index contributed by atoms with van der Waals surface area (Å²) in [6, 6.07) is 8.16. The molecule has 1 aromatic carbocycles. The number of aliphatic hydroxyl groups excluding tert-OH is 1. The molecule has 2 N–H and O–H groups in total. The Bertz CT molecular complexity index is 476. The largest absolute Gasteiger partial charge is 0.396 e. The van der Waals surface area contributed by atoms with E-state index in [0.29, 0.717) is 12.5 Å². The van der Waals surface area contributed by atoms with Crippen molar-refractivity contribution in [2.24, 2.45) is 5.92 Å². The lowest BCUT2D eigenvalue weighted by atomic mass is 10.1. The van der Waals surface area contributed by atoms with Gasteiger partial charge in [-0.15, -0.1) is 0 Å². The maximum atomic E-state index is 12.2. The molecule has 2 rings (SSSR count). The highest BCUT2D eigenvalue weighted by atomic mass is 16.3. The number of hydrogen-bond donors (Lipinski definition) is 2. The van der Waals surface area contributed by atoms with E-state index in [1.54, 1.807) is 0 Å². The summed E-state index contributed by atoms with van der Waals surface area (Å²) < 4.78 is 0. The highest BCUT2D eigenvalue weighted by molar-refractivity contribution is 5.81. The van der Waals surface area contributed by atoms with E-state index >= 15 is 0 Å². The van der Waals surface area contributed by atoms with Gasteiger partial charge in [0, 0.05) is 19.7 Å². The molecule has 4 heteroatoms. The van der Waals surface area contributed by atoms with Gasteiger partial charge in [0.2, 0.25) is 5.91 Å². The van der Waals surface area contributed by atoms with Crippen molar-refractivity contribution in [1.82, 2.24) is 10.2 Å². The molecule has 0 bridgehead atoms. The smallest absolute Gasteiger partial charge is 0.237 e. The fourth-order valence-corrected chi connectivity index (χ4v) is 2.89. The summed E-state index contributed by atoms with van der Waals surface area (Å²) in [5.74, 6) is 0.411. The number of carbonyl (C=O) groups excluding carboxylic acids is 1. The van der Waals surface area contributed by atoms with Crippen molar-refractivity contribution in [1.29, 1.82) is 0 Å². The van der Waals surface area contributed by atoms with Crippen LogP contribution >= 0.6 is 0 Å². The SMILES string of the molecule is Cc1ccccc1CCNC(=O)C(C)N1CCC(CO)C1. The molecule has 1 aliphatic rings. The van der Waals surface area contributed by atoms with Crippen molar-refractivity contribution in [2.45, 2.75) is 32.7 Å². The lowest BCUT2D eigenvalue weighted by Gasteiger charge is -2.23. The van der Waals surface area contributed by atoms with Crippen molar-refractivity contribution in [3.8, 4) is 0 Å². The summed E-state index contributed by atoms with van der Waals surface area (Å²) in [5.41, 5.74) is 2.55. The molecule has 116 valence electrons. The van der Waals surface area contributed by atoms with Crippen LogP contribution in [-0.4, -0.2) is 48.2 Å². The number of aliphatic hydroxyl groups is 1. The Kier molecular flexibility index (Phi) is 5.76. The van der Waals surface area contributed by atoms with Crippen molar-refractivity contribution in [2.75, 3.05) is 26.2 Å². The molecule has 1 heterocycles. The molecular weight excluding hydrogens is 264 g/mol. The number of aryl methyl sites for hydroxylation is 1. The zero-order valence-corrected chi connectivity index (χ0v) is 13.0. The molecule has 0 saturated carbocycles. The van der Waals surface area contributed by atoms with Crippen molar-refractivity contribution in [3.05, 3.63) is 35.4 Å². The predicted molar refractivity (Wildman–Crippen MR) is 84.1 cm³/mol. The van der Waals surface area contributed by atoms with Gasteiger partial charge in [-0.3, -0.25) is 9.69 Å². The molecule has 2 atom stereocenters. The highest BCUT2D eigenvalue weighted by Crippen LogP contribution is 2.17. The second kappa shape index (κ2) is 7.57. The summed E-state index contributed by atoms with van der Waals surface area (Å²) in [6.45, 7) is 6.66. The van der Waals surface area contributed by atoms with Gasteiger partial charge in [-0.25, -0.2) is 0 Å². The Labute approximate surface area is 127 Å². The molecule has 4 nitrogen and oxygen atoms in total. The number of hydrogen-bond acceptors (Lipinski definition) is 3. The first-order valence-electron chi connectivity index (χ1n) is 7.79. The number of rotatable bonds is 6. The first-order chi connectivity index (χ1) is 10.1. The van der Waals surface area contributed by atoms with Crippen LogP contribution in [0.15, 0.2) is 24.3 Å². The molecule has 2 unspecified atom stereocenters. The molecule has 0 aromatic heterocycles. The first-order valence-corrected chi connectivity index (χ1v) is 7.79. The monoisotopic (exact) mass is 290 g/mol. The lowest BCUT2D eigenvalue weighted by Crippen LogP contribution is -2.44. The number of nitrogens with zero attached hydrogens (tertiary/aromatic N) is 1. The van der Waals surface area contributed by atoms with Crippen LogP contribution in [0.25, 0.3) is 0 Å². The molecule has 1 amide bonds.